The van der Waals surface area contributed by atoms with Gasteiger partial charge in [0.05, 0.1) is 6.04 Å². The van der Waals surface area contributed by atoms with E-state index in [2.05, 4.69) is 59.4 Å². The number of halogens is 1. The third-order valence-electron chi connectivity index (χ3n) is 3.31. The molecule has 1 atom stereocenters. The van der Waals surface area contributed by atoms with Crippen LogP contribution in [0.3, 0.4) is 0 Å². The second-order valence-corrected chi connectivity index (χ2v) is 5.53. The monoisotopic (exact) mass is 307 g/mol. The summed E-state index contributed by atoms with van der Waals surface area (Å²) in [5, 5.41) is 3.33. The molecule has 1 heterocycles. The topological polar surface area (TPSA) is 25.2 Å². The molecule has 2 nitrogen and oxygen atoms in total. The van der Waals surface area contributed by atoms with Crippen molar-refractivity contribution in [2.75, 3.05) is 7.05 Å². The Labute approximate surface area is 117 Å². The molecule has 18 heavy (non-hydrogen) atoms. The van der Waals surface area contributed by atoms with Gasteiger partial charge < -0.3 is 9.73 Å². The first-order chi connectivity index (χ1) is 8.52. The molecule has 2 rings (SSSR count). The summed E-state index contributed by atoms with van der Waals surface area (Å²) in [5.74, 6) is 1.95. The zero-order chi connectivity index (χ0) is 13.3. The van der Waals surface area contributed by atoms with E-state index in [1.165, 1.54) is 16.7 Å². The van der Waals surface area contributed by atoms with Gasteiger partial charge in [0, 0.05) is 4.47 Å². The Morgan fingerprint density at radius 2 is 1.83 bits per heavy atom. The summed E-state index contributed by atoms with van der Waals surface area (Å²) in [6.07, 6.45) is 0. The van der Waals surface area contributed by atoms with Crippen molar-refractivity contribution in [3.8, 4) is 0 Å². The van der Waals surface area contributed by atoms with Gasteiger partial charge in [-0.25, -0.2) is 0 Å². The van der Waals surface area contributed by atoms with E-state index in [0.29, 0.717) is 0 Å². The van der Waals surface area contributed by atoms with Crippen molar-refractivity contribution in [1.82, 2.24) is 5.32 Å². The maximum absolute atomic E-state index is 5.84. The van der Waals surface area contributed by atoms with Crippen LogP contribution in [-0.2, 0) is 0 Å². The summed E-state index contributed by atoms with van der Waals surface area (Å²) in [5.41, 5.74) is 3.68. The Kier molecular flexibility index (Phi) is 3.93. The van der Waals surface area contributed by atoms with Crippen LogP contribution in [0.2, 0.25) is 0 Å². The summed E-state index contributed by atoms with van der Waals surface area (Å²) >= 11 is 3.53. The molecule has 0 radical (unpaired) electrons. The zero-order valence-electron chi connectivity index (χ0n) is 11.2. The van der Waals surface area contributed by atoms with Gasteiger partial charge in [0.2, 0.25) is 0 Å². The lowest BCUT2D eigenvalue weighted by Crippen LogP contribution is -2.18. The van der Waals surface area contributed by atoms with E-state index in [1.807, 2.05) is 14.0 Å². The van der Waals surface area contributed by atoms with Gasteiger partial charge in [0.25, 0.3) is 0 Å². The molecule has 0 amide bonds. The fourth-order valence-electron chi connectivity index (χ4n) is 2.12. The van der Waals surface area contributed by atoms with Gasteiger partial charge in [-0.05, 0) is 62.7 Å². The first-order valence-corrected chi connectivity index (χ1v) is 6.82. The average Bonchev–Trinajstić information content (AvgIpc) is 2.65. The molecule has 1 unspecified atom stereocenters. The molecule has 0 bridgehead atoms. The highest BCUT2D eigenvalue weighted by Gasteiger charge is 2.19. The van der Waals surface area contributed by atoms with Gasteiger partial charge in [-0.15, -0.1) is 0 Å². The Morgan fingerprint density at radius 1 is 1.11 bits per heavy atom. The molecule has 0 aliphatic carbocycles. The van der Waals surface area contributed by atoms with Crippen molar-refractivity contribution < 1.29 is 4.42 Å². The Bertz CT molecular complexity index is 540. The zero-order valence-corrected chi connectivity index (χ0v) is 12.8. The van der Waals surface area contributed by atoms with E-state index in [-0.39, 0.29) is 6.04 Å². The van der Waals surface area contributed by atoms with E-state index < -0.39 is 0 Å². The van der Waals surface area contributed by atoms with Crippen molar-refractivity contribution in [2.45, 2.75) is 26.8 Å². The Balaban J connectivity index is 2.48. The van der Waals surface area contributed by atoms with Crippen molar-refractivity contribution in [3.05, 3.63) is 56.9 Å². The molecular weight excluding hydrogens is 290 g/mol. The van der Waals surface area contributed by atoms with Gasteiger partial charge in [-0.1, -0.05) is 22.0 Å². The van der Waals surface area contributed by atoms with Crippen molar-refractivity contribution in [1.29, 1.82) is 0 Å². The quantitative estimate of drug-likeness (QED) is 0.915. The van der Waals surface area contributed by atoms with Gasteiger partial charge in [-0.2, -0.15) is 0 Å². The van der Waals surface area contributed by atoms with E-state index >= 15 is 0 Å². The lowest BCUT2D eigenvalue weighted by atomic mass is 9.99. The van der Waals surface area contributed by atoms with Crippen LogP contribution in [0.4, 0.5) is 0 Å². The van der Waals surface area contributed by atoms with Crippen LogP contribution in [0.25, 0.3) is 0 Å². The first kappa shape index (κ1) is 13.4. The van der Waals surface area contributed by atoms with Gasteiger partial charge in [0.15, 0.2) is 0 Å². The molecule has 1 aromatic heterocycles. The van der Waals surface area contributed by atoms with Crippen LogP contribution < -0.4 is 5.32 Å². The molecule has 0 aliphatic heterocycles. The number of nitrogens with one attached hydrogen (secondary N) is 1. The number of aryl methyl sites for hydroxylation is 3. The summed E-state index contributed by atoms with van der Waals surface area (Å²) in [4.78, 5) is 0. The molecule has 1 N–H and O–H groups in total. The van der Waals surface area contributed by atoms with Crippen molar-refractivity contribution in [2.24, 2.45) is 0 Å². The molecule has 0 fully saturated rings. The summed E-state index contributed by atoms with van der Waals surface area (Å²) < 4.78 is 6.93. The number of hydrogen-bond acceptors (Lipinski definition) is 2. The summed E-state index contributed by atoms with van der Waals surface area (Å²) in [6, 6.07) is 8.52. The van der Waals surface area contributed by atoms with E-state index in [4.69, 9.17) is 4.42 Å². The lowest BCUT2D eigenvalue weighted by molar-refractivity contribution is 0.442. The minimum absolute atomic E-state index is 0.0925. The molecular formula is C15H18BrNO. The minimum Gasteiger partial charge on any atom is -0.464 e. The molecule has 96 valence electrons. The van der Waals surface area contributed by atoms with Crippen LogP contribution in [0, 0.1) is 20.8 Å². The highest BCUT2D eigenvalue weighted by Crippen LogP contribution is 2.29. The van der Waals surface area contributed by atoms with Crippen LogP contribution >= 0.6 is 15.9 Å². The Morgan fingerprint density at radius 3 is 2.39 bits per heavy atom. The van der Waals surface area contributed by atoms with E-state index in [1.54, 1.807) is 0 Å². The van der Waals surface area contributed by atoms with Gasteiger partial charge >= 0.3 is 0 Å². The third-order valence-corrected chi connectivity index (χ3v) is 3.80. The maximum atomic E-state index is 5.84. The van der Waals surface area contributed by atoms with Crippen molar-refractivity contribution in [3.63, 3.8) is 0 Å². The SMILES string of the molecule is CNC(c1cc(C)c(C)o1)c1cc(Br)ccc1C. The molecule has 0 saturated carbocycles. The van der Waals surface area contributed by atoms with Crippen molar-refractivity contribution >= 4 is 15.9 Å². The summed E-state index contributed by atoms with van der Waals surface area (Å²) in [6.45, 7) is 6.19. The van der Waals surface area contributed by atoms with E-state index in [9.17, 15) is 0 Å². The molecule has 0 saturated heterocycles. The minimum atomic E-state index is 0.0925. The lowest BCUT2D eigenvalue weighted by Gasteiger charge is -2.17. The van der Waals surface area contributed by atoms with Crippen LogP contribution in [0.5, 0.6) is 0 Å². The predicted molar refractivity (Wildman–Crippen MR) is 78.0 cm³/mol. The third kappa shape index (κ3) is 2.52. The molecule has 2 aromatic rings. The molecule has 1 aromatic carbocycles. The second kappa shape index (κ2) is 5.29. The van der Waals surface area contributed by atoms with Crippen LogP contribution in [0.1, 0.15) is 34.3 Å². The second-order valence-electron chi connectivity index (χ2n) is 4.61. The smallest absolute Gasteiger partial charge is 0.125 e. The molecule has 0 aliphatic rings. The normalized spacial score (nSPS) is 12.7. The van der Waals surface area contributed by atoms with Crippen LogP contribution in [-0.4, -0.2) is 7.05 Å². The molecule has 3 heteroatoms. The standard InChI is InChI=1S/C15H18BrNO/c1-9-5-6-12(16)8-13(9)15(17-4)14-7-10(2)11(3)18-14/h5-8,15,17H,1-4H3. The number of benzene rings is 1. The molecule has 0 spiro atoms. The average molecular weight is 308 g/mol. The highest BCUT2D eigenvalue weighted by atomic mass is 79.9. The Hall–Kier alpha value is -1.06. The highest BCUT2D eigenvalue weighted by molar-refractivity contribution is 9.10. The largest absolute Gasteiger partial charge is 0.464 e. The fraction of sp³-hybridized carbons (Fsp3) is 0.333. The van der Waals surface area contributed by atoms with Crippen LogP contribution in [0.15, 0.2) is 33.2 Å². The van der Waals surface area contributed by atoms with Gasteiger partial charge in [-0.3, -0.25) is 0 Å². The fourth-order valence-corrected chi connectivity index (χ4v) is 2.50. The van der Waals surface area contributed by atoms with E-state index in [0.717, 1.165) is 16.0 Å². The van der Waals surface area contributed by atoms with Gasteiger partial charge in [0.1, 0.15) is 11.5 Å². The summed E-state index contributed by atoms with van der Waals surface area (Å²) in [7, 11) is 1.96. The first-order valence-electron chi connectivity index (χ1n) is 6.03. The number of furan rings is 1. The predicted octanol–water partition coefficient (Wildman–Crippen LogP) is 4.28. The number of hydrogen-bond donors (Lipinski definition) is 1. The number of rotatable bonds is 3. The maximum Gasteiger partial charge on any atom is 0.125 e.